The number of aryl methyl sites for hydroxylation is 1. The van der Waals surface area contributed by atoms with Crippen LogP contribution in [0.4, 0.5) is 0 Å². The highest BCUT2D eigenvalue weighted by molar-refractivity contribution is 6.30. The summed E-state index contributed by atoms with van der Waals surface area (Å²) < 4.78 is 15.7. The Bertz CT molecular complexity index is 315. The van der Waals surface area contributed by atoms with E-state index in [9.17, 15) is 0 Å². The first-order chi connectivity index (χ1) is 7.74. The van der Waals surface area contributed by atoms with E-state index in [4.69, 9.17) is 25.8 Å². The van der Waals surface area contributed by atoms with E-state index in [1.807, 2.05) is 25.1 Å². The molecule has 0 aliphatic carbocycles. The van der Waals surface area contributed by atoms with E-state index >= 15 is 0 Å². The molecule has 0 saturated carbocycles. The van der Waals surface area contributed by atoms with Crippen molar-refractivity contribution in [1.82, 2.24) is 0 Å². The molecule has 0 fully saturated rings. The second kappa shape index (κ2) is 7.49. The summed E-state index contributed by atoms with van der Waals surface area (Å²) in [6, 6.07) is 5.59. The number of halogens is 1. The molecule has 1 rings (SSSR count). The van der Waals surface area contributed by atoms with Gasteiger partial charge in [-0.2, -0.15) is 0 Å². The SMILES string of the molecule is COCCOCCOc1cc(Cl)ccc1C. The summed E-state index contributed by atoms with van der Waals surface area (Å²) in [7, 11) is 1.65. The normalized spacial score (nSPS) is 10.4. The first-order valence-electron chi connectivity index (χ1n) is 5.19. The van der Waals surface area contributed by atoms with Gasteiger partial charge in [0, 0.05) is 12.1 Å². The largest absolute Gasteiger partial charge is 0.491 e. The molecule has 0 amide bonds. The Kier molecular flexibility index (Phi) is 6.23. The predicted octanol–water partition coefficient (Wildman–Crippen LogP) is 2.69. The Morgan fingerprint density at radius 1 is 1.12 bits per heavy atom. The summed E-state index contributed by atoms with van der Waals surface area (Å²) in [5.74, 6) is 0.808. The lowest BCUT2D eigenvalue weighted by Crippen LogP contribution is -2.10. The molecule has 0 saturated heterocycles. The standard InChI is InChI=1S/C12H17ClO3/c1-10-3-4-11(13)9-12(10)16-8-7-15-6-5-14-2/h3-4,9H,5-8H2,1-2H3. The van der Waals surface area contributed by atoms with Gasteiger partial charge in [0.25, 0.3) is 0 Å². The molecule has 0 aliphatic rings. The van der Waals surface area contributed by atoms with Crippen molar-refractivity contribution < 1.29 is 14.2 Å². The highest BCUT2D eigenvalue weighted by Crippen LogP contribution is 2.22. The number of methoxy groups -OCH3 is 1. The number of ether oxygens (including phenoxy) is 3. The number of hydrogen-bond donors (Lipinski definition) is 0. The highest BCUT2D eigenvalue weighted by Gasteiger charge is 2.00. The highest BCUT2D eigenvalue weighted by atomic mass is 35.5. The maximum atomic E-state index is 5.87. The van der Waals surface area contributed by atoms with Crippen molar-refractivity contribution in [3.8, 4) is 5.75 Å². The fraction of sp³-hybridized carbons (Fsp3) is 0.500. The molecule has 1 aromatic rings. The summed E-state index contributed by atoms with van der Waals surface area (Å²) in [6.45, 7) is 4.25. The lowest BCUT2D eigenvalue weighted by Gasteiger charge is -2.09. The zero-order valence-corrected chi connectivity index (χ0v) is 10.4. The molecule has 16 heavy (non-hydrogen) atoms. The summed E-state index contributed by atoms with van der Waals surface area (Å²) in [6.07, 6.45) is 0. The van der Waals surface area contributed by atoms with Gasteiger partial charge in [-0.3, -0.25) is 0 Å². The molecule has 0 aliphatic heterocycles. The van der Waals surface area contributed by atoms with Crippen LogP contribution in [-0.4, -0.2) is 33.5 Å². The Labute approximate surface area is 101 Å². The third-order valence-electron chi connectivity index (χ3n) is 2.07. The van der Waals surface area contributed by atoms with Gasteiger partial charge in [0.1, 0.15) is 12.4 Å². The van der Waals surface area contributed by atoms with Crippen LogP contribution in [0.1, 0.15) is 5.56 Å². The first kappa shape index (κ1) is 13.3. The average Bonchev–Trinajstić information content (AvgIpc) is 2.28. The number of rotatable bonds is 7. The smallest absolute Gasteiger partial charge is 0.123 e. The first-order valence-corrected chi connectivity index (χ1v) is 5.57. The van der Waals surface area contributed by atoms with Gasteiger partial charge in [0.2, 0.25) is 0 Å². The van der Waals surface area contributed by atoms with Gasteiger partial charge in [-0.25, -0.2) is 0 Å². The zero-order valence-electron chi connectivity index (χ0n) is 9.66. The van der Waals surface area contributed by atoms with E-state index in [0.717, 1.165) is 11.3 Å². The molecule has 0 heterocycles. The second-order valence-corrected chi connectivity index (χ2v) is 3.80. The summed E-state index contributed by atoms with van der Waals surface area (Å²) in [4.78, 5) is 0. The fourth-order valence-corrected chi connectivity index (χ4v) is 1.35. The van der Waals surface area contributed by atoms with Crippen LogP contribution >= 0.6 is 11.6 Å². The molecule has 1 aromatic carbocycles. The van der Waals surface area contributed by atoms with E-state index in [1.165, 1.54) is 0 Å². The Balaban J connectivity index is 2.23. The molecule has 0 radical (unpaired) electrons. The van der Waals surface area contributed by atoms with Gasteiger partial charge in [0.05, 0.1) is 19.8 Å². The lowest BCUT2D eigenvalue weighted by atomic mass is 10.2. The van der Waals surface area contributed by atoms with Gasteiger partial charge >= 0.3 is 0 Å². The Morgan fingerprint density at radius 3 is 2.62 bits per heavy atom. The molecular weight excluding hydrogens is 228 g/mol. The van der Waals surface area contributed by atoms with Crippen LogP contribution in [0.15, 0.2) is 18.2 Å². The predicted molar refractivity (Wildman–Crippen MR) is 64.4 cm³/mol. The molecule has 0 unspecified atom stereocenters. The van der Waals surface area contributed by atoms with Crippen LogP contribution in [0.5, 0.6) is 5.75 Å². The lowest BCUT2D eigenvalue weighted by molar-refractivity contribution is 0.0543. The molecule has 0 N–H and O–H groups in total. The van der Waals surface area contributed by atoms with Crippen molar-refractivity contribution in [3.63, 3.8) is 0 Å². The minimum absolute atomic E-state index is 0.519. The molecule has 90 valence electrons. The van der Waals surface area contributed by atoms with Crippen molar-refractivity contribution in [2.45, 2.75) is 6.92 Å². The van der Waals surface area contributed by atoms with Crippen LogP contribution in [0.3, 0.4) is 0 Å². The number of hydrogen-bond acceptors (Lipinski definition) is 3. The monoisotopic (exact) mass is 244 g/mol. The van der Waals surface area contributed by atoms with Crippen LogP contribution in [-0.2, 0) is 9.47 Å². The van der Waals surface area contributed by atoms with E-state index < -0.39 is 0 Å². The quantitative estimate of drug-likeness (QED) is 0.691. The van der Waals surface area contributed by atoms with E-state index in [-0.39, 0.29) is 0 Å². The number of benzene rings is 1. The molecule has 0 atom stereocenters. The molecule has 0 bridgehead atoms. The molecule has 3 nitrogen and oxygen atoms in total. The van der Waals surface area contributed by atoms with Crippen LogP contribution in [0.2, 0.25) is 5.02 Å². The van der Waals surface area contributed by atoms with Crippen molar-refractivity contribution in [1.29, 1.82) is 0 Å². The molecule has 4 heteroatoms. The van der Waals surface area contributed by atoms with Crippen LogP contribution in [0.25, 0.3) is 0 Å². The van der Waals surface area contributed by atoms with Gasteiger partial charge in [-0.05, 0) is 24.6 Å². The van der Waals surface area contributed by atoms with E-state index in [2.05, 4.69) is 0 Å². The Morgan fingerprint density at radius 2 is 1.88 bits per heavy atom. The van der Waals surface area contributed by atoms with Crippen molar-refractivity contribution in [2.24, 2.45) is 0 Å². The van der Waals surface area contributed by atoms with Crippen LogP contribution < -0.4 is 4.74 Å². The average molecular weight is 245 g/mol. The third-order valence-corrected chi connectivity index (χ3v) is 2.30. The molecular formula is C12H17ClO3. The van der Waals surface area contributed by atoms with E-state index in [1.54, 1.807) is 7.11 Å². The fourth-order valence-electron chi connectivity index (χ4n) is 1.18. The molecule has 0 aromatic heterocycles. The van der Waals surface area contributed by atoms with Gasteiger partial charge in [-0.1, -0.05) is 17.7 Å². The summed E-state index contributed by atoms with van der Waals surface area (Å²) >= 11 is 5.87. The maximum Gasteiger partial charge on any atom is 0.123 e. The zero-order chi connectivity index (χ0) is 11.8. The Hall–Kier alpha value is -0.770. The summed E-state index contributed by atoms with van der Waals surface area (Å²) in [5.41, 5.74) is 1.07. The second-order valence-electron chi connectivity index (χ2n) is 3.36. The summed E-state index contributed by atoms with van der Waals surface area (Å²) in [5, 5.41) is 0.681. The maximum absolute atomic E-state index is 5.87. The van der Waals surface area contributed by atoms with E-state index in [0.29, 0.717) is 31.5 Å². The van der Waals surface area contributed by atoms with Crippen LogP contribution in [0, 0.1) is 6.92 Å². The minimum Gasteiger partial charge on any atom is -0.491 e. The van der Waals surface area contributed by atoms with Crippen molar-refractivity contribution in [3.05, 3.63) is 28.8 Å². The van der Waals surface area contributed by atoms with Gasteiger partial charge in [0.15, 0.2) is 0 Å². The van der Waals surface area contributed by atoms with Crippen molar-refractivity contribution >= 4 is 11.6 Å². The minimum atomic E-state index is 0.519. The van der Waals surface area contributed by atoms with Gasteiger partial charge < -0.3 is 14.2 Å². The van der Waals surface area contributed by atoms with Crippen molar-refractivity contribution in [2.75, 3.05) is 33.5 Å². The molecule has 0 spiro atoms. The third kappa shape index (κ3) is 4.84. The topological polar surface area (TPSA) is 27.7 Å². The van der Waals surface area contributed by atoms with Gasteiger partial charge in [-0.15, -0.1) is 0 Å².